The van der Waals surface area contributed by atoms with E-state index >= 15 is 0 Å². The van der Waals surface area contributed by atoms with E-state index < -0.39 is 0 Å². The van der Waals surface area contributed by atoms with Crippen molar-refractivity contribution in [1.82, 2.24) is 10.2 Å². The zero-order chi connectivity index (χ0) is 13.4. The number of likely N-dealkylation sites (tertiary alicyclic amines) is 1. The Morgan fingerprint density at radius 3 is 2.30 bits per heavy atom. The highest BCUT2D eigenvalue weighted by Crippen LogP contribution is 2.50. The summed E-state index contributed by atoms with van der Waals surface area (Å²) in [5.74, 6) is 0. The van der Waals surface area contributed by atoms with E-state index in [0.717, 1.165) is 23.5 Å². The molecule has 1 spiro atoms. The van der Waals surface area contributed by atoms with E-state index in [1.165, 1.54) is 64.5 Å². The van der Waals surface area contributed by atoms with Crippen LogP contribution in [0.25, 0.3) is 0 Å². The number of hydrogen-bond acceptors (Lipinski definition) is 2. The number of nitrogens with one attached hydrogen (secondary N) is 1. The van der Waals surface area contributed by atoms with Gasteiger partial charge in [-0.3, -0.25) is 4.90 Å². The van der Waals surface area contributed by atoms with Crippen molar-refractivity contribution in [1.29, 1.82) is 0 Å². The Balaban J connectivity index is 1.38. The highest BCUT2D eigenvalue weighted by atomic mass is 15.2. The molecule has 0 bridgehead atoms. The lowest BCUT2D eigenvalue weighted by atomic mass is 9.71. The van der Waals surface area contributed by atoms with Gasteiger partial charge in [0.1, 0.15) is 0 Å². The second-order valence-corrected chi connectivity index (χ2v) is 8.09. The first-order valence-corrected chi connectivity index (χ1v) is 9.36. The molecule has 0 aromatic heterocycles. The van der Waals surface area contributed by atoms with Crippen molar-refractivity contribution in [2.45, 2.75) is 95.2 Å². The summed E-state index contributed by atoms with van der Waals surface area (Å²) in [6, 6.07) is 2.62. The van der Waals surface area contributed by atoms with Crippen molar-refractivity contribution in [3.05, 3.63) is 0 Å². The van der Waals surface area contributed by atoms with Gasteiger partial charge >= 0.3 is 0 Å². The van der Waals surface area contributed by atoms with Crippen LogP contribution in [0.5, 0.6) is 0 Å². The standard InChI is InChI=1S/C18H32N2/c1-2-10-18(9-1)11-7-15(8-12-18)20-14-4-6-17(20)16-5-3-13-19-16/h15-17,19H,1-14H2. The van der Waals surface area contributed by atoms with Crippen LogP contribution in [0.15, 0.2) is 0 Å². The quantitative estimate of drug-likeness (QED) is 0.827. The molecule has 2 atom stereocenters. The third-order valence-corrected chi connectivity index (χ3v) is 7.05. The van der Waals surface area contributed by atoms with Crippen molar-refractivity contribution in [2.24, 2.45) is 5.41 Å². The summed E-state index contributed by atoms with van der Waals surface area (Å²) >= 11 is 0. The molecule has 2 heteroatoms. The molecule has 2 heterocycles. The first-order chi connectivity index (χ1) is 9.86. The van der Waals surface area contributed by atoms with Crippen molar-refractivity contribution >= 4 is 0 Å². The van der Waals surface area contributed by atoms with Crippen molar-refractivity contribution < 1.29 is 0 Å². The fraction of sp³-hybridized carbons (Fsp3) is 1.00. The van der Waals surface area contributed by atoms with Crippen LogP contribution in [0.4, 0.5) is 0 Å². The van der Waals surface area contributed by atoms with E-state index in [1.54, 1.807) is 25.7 Å². The van der Waals surface area contributed by atoms with Crippen LogP contribution in [-0.4, -0.2) is 36.1 Å². The molecule has 2 unspecified atom stereocenters. The van der Waals surface area contributed by atoms with Crippen LogP contribution in [0, 0.1) is 5.41 Å². The molecule has 0 aromatic carbocycles. The largest absolute Gasteiger partial charge is 0.312 e. The van der Waals surface area contributed by atoms with E-state index in [-0.39, 0.29) is 0 Å². The summed E-state index contributed by atoms with van der Waals surface area (Å²) in [5.41, 5.74) is 0.803. The van der Waals surface area contributed by atoms with Crippen LogP contribution >= 0.6 is 0 Å². The Bertz CT molecular complexity index is 318. The van der Waals surface area contributed by atoms with Gasteiger partial charge in [0, 0.05) is 18.1 Å². The summed E-state index contributed by atoms with van der Waals surface area (Å²) in [7, 11) is 0. The molecule has 114 valence electrons. The maximum atomic E-state index is 3.77. The molecule has 20 heavy (non-hydrogen) atoms. The van der Waals surface area contributed by atoms with Gasteiger partial charge in [-0.1, -0.05) is 12.8 Å². The molecule has 4 aliphatic rings. The van der Waals surface area contributed by atoms with E-state index in [0.29, 0.717) is 0 Å². The maximum absolute atomic E-state index is 3.77. The Hall–Kier alpha value is -0.0800. The fourth-order valence-electron chi connectivity index (χ4n) is 5.91. The molecule has 2 aliphatic heterocycles. The first-order valence-electron chi connectivity index (χ1n) is 9.36. The van der Waals surface area contributed by atoms with E-state index in [2.05, 4.69) is 10.2 Å². The van der Waals surface area contributed by atoms with Crippen LogP contribution in [0.1, 0.15) is 77.0 Å². The zero-order valence-electron chi connectivity index (χ0n) is 13.1. The lowest BCUT2D eigenvalue weighted by molar-refractivity contribution is 0.0729. The summed E-state index contributed by atoms with van der Waals surface area (Å²) in [6.45, 7) is 2.66. The minimum absolute atomic E-state index is 0.803. The molecular weight excluding hydrogens is 244 g/mol. The number of nitrogens with zero attached hydrogens (tertiary/aromatic N) is 1. The normalized spacial score (nSPS) is 39.0. The highest BCUT2D eigenvalue weighted by Gasteiger charge is 2.42. The summed E-state index contributed by atoms with van der Waals surface area (Å²) < 4.78 is 0. The molecule has 0 amide bonds. The van der Waals surface area contributed by atoms with Gasteiger partial charge in [0.05, 0.1) is 0 Å². The molecule has 4 fully saturated rings. The van der Waals surface area contributed by atoms with Crippen LogP contribution < -0.4 is 5.32 Å². The average Bonchev–Trinajstić information content (AvgIpc) is 3.21. The van der Waals surface area contributed by atoms with Crippen LogP contribution in [0.2, 0.25) is 0 Å². The SMILES string of the molecule is C1CNC(C2CCCN2C2CCC3(CCCC3)CC2)C1. The van der Waals surface area contributed by atoms with E-state index in [4.69, 9.17) is 0 Å². The second kappa shape index (κ2) is 5.61. The van der Waals surface area contributed by atoms with Gasteiger partial charge in [0.25, 0.3) is 0 Å². The third-order valence-electron chi connectivity index (χ3n) is 7.05. The molecule has 2 saturated carbocycles. The zero-order valence-corrected chi connectivity index (χ0v) is 13.1. The predicted octanol–water partition coefficient (Wildman–Crippen LogP) is 3.71. The van der Waals surface area contributed by atoms with Gasteiger partial charge in [0.15, 0.2) is 0 Å². The van der Waals surface area contributed by atoms with Crippen LogP contribution in [-0.2, 0) is 0 Å². The number of rotatable bonds is 2. The van der Waals surface area contributed by atoms with Gasteiger partial charge in [0.2, 0.25) is 0 Å². The Labute approximate surface area is 124 Å². The maximum Gasteiger partial charge on any atom is 0.0252 e. The summed E-state index contributed by atoms with van der Waals surface area (Å²) in [5, 5.41) is 3.77. The second-order valence-electron chi connectivity index (χ2n) is 8.09. The summed E-state index contributed by atoms with van der Waals surface area (Å²) in [4.78, 5) is 2.94. The number of hydrogen-bond donors (Lipinski definition) is 1. The Kier molecular flexibility index (Phi) is 3.80. The minimum Gasteiger partial charge on any atom is -0.312 e. The van der Waals surface area contributed by atoms with Gasteiger partial charge in [-0.15, -0.1) is 0 Å². The van der Waals surface area contributed by atoms with E-state index in [9.17, 15) is 0 Å². The average molecular weight is 276 g/mol. The minimum atomic E-state index is 0.803. The predicted molar refractivity (Wildman–Crippen MR) is 83.9 cm³/mol. The molecule has 0 aromatic rings. The topological polar surface area (TPSA) is 15.3 Å². The summed E-state index contributed by atoms with van der Waals surface area (Å²) in [6.07, 6.45) is 18.0. The monoisotopic (exact) mass is 276 g/mol. The van der Waals surface area contributed by atoms with E-state index in [1.807, 2.05) is 0 Å². The molecule has 1 N–H and O–H groups in total. The molecule has 0 radical (unpaired) electrons. The Morgan fingerprint density at radius 2 is 1.60 bits per heavy atom. The van der Waals surface area contributed by atoms with Crippen LogP contribution in [0.3, 0.4) is 0 Å². The molecule has 2 saturated heterocycles. The van der Waals surface area contributed by atoms with Gasteiger partial charge in [-0.05, 0) is 82.7 Å². The third kappa shape index (κ3) is 2.43. The van der Waals surface area contributed by atoms with Gasteiger partial charge in [-0.2, -0.15) is 0 Å². The van der Waals surface area contributed by atoms with Crippen molar-refractivity contribution in [3.63, 3.8) is 0 Å². The first kappa shape index (κ1) is 13.6. The lowest BCUT2D eigenvalue weighted by Crippen LogP contribution is -2.50. The van der Waals surface area contributed by atoms with Crippen molar-refractivity contribution in [2.75, 3.05) is 13.1 Å². The molecule has 2 aliphatic carbocycles. The fourth-order valence-corrected chi connectivity index (χ4v) is 5.91. The van der Waals surface area contributed by atoms with Gasteiger partial charge < -0.3 is 5.32 Å². The molecular formula is C18H32N2. The molecule has 2 nitrogen and oxygen atoms in total. The molecule has 4 rings (SSSR count). The lowest BCUT2D eigenvalue weighted by Gasteiger charge is -2.43. The highest BCUT2D eigenvalue weighted by molar-refractivity contribution is 4.98. The van der Waals surface area contributed by atoms with Gasteiger partial charge in [-0.25, -0.2) is 0 Å². The van der Waals surface area contributed by atoms with Crippen molar-refractivity contribution in [3.8, 4) is 0 Å². The smallest absolute Gasteiger partial charge is 0.0252 e. The Morgan fingerprint density at radius 1 is 0.800 bits per heavy atom.